The van der Waals surface area contributed by atoms with Crippen molar-refractivity contribution in [3.8, 4) is 0 Å². The Labute approximate surface area is 135 Å². The van der Waals surface area contributed by atoms with E-state index in [0.717, 1.165) is 0 Å². The first-order valence-corrected chi connectivity index (χ1v) is 9.06. The fraction of sp³-hybridized carbons (Fsp3) is 0.524. The van der Waals surface area contributed by atoms with Gasteiger partial charge in [-0.15, -0.1) is 0 Å². The van der Waals surface area contributed by atoms with Gasteiger partial charge >= 0.3 is 0 Å². The zero-order valence-electron chi connectivity index (χ0n) is 14.1. The number of benzene rings is 2. The van der Waals surface area contributed by atoms with Crippen LogP contribution in [0.15, 0.2) is 36.4 Å². The van der Waals surface area contributed by atoms with E-state index < -0.39 is 0 Å². The highest BCUT2D eigenvalue weighted by molar-refractivity contribution is 5.88. The summed E-state index contributed by atoms with van der Waals surface area (Å²) in [6.07, 6.45) is 12.2. The molecule has 0 radical (unpaired) electrons. The van der Waals surface area contributed by atoms with Gasteiger partial charge in [0, 0.05) is 6.54 Å². The van der Waals surface area contributed by atoms with Gasteiger partial charge in [-0.1, -0.05) is 88.3 Å². The molecule has 0 aliphatic carbocycles. The number of unbranched alkanes of at least 4 members (excludes halogenated alkanes) is 7. The van der Waals surface area contributed by atoms with Crippen LogP contribution in [-0.2, 0) is 13.0 Å². The molecule has 0 saturated carbocycles. The third-order valence-electron chi connectivity index (χ3n) is 4.62. The van der Waals surface area contributed by atoms with Crippen LogP contribution in [0.2, 0.25) is 0 Å². The normalized spacial score (nSPS) is 11.2. The predicted molar refractivity (Wildman–Crippen MR) is 98.2 cm³/mol. The van der Waals surface area contributed by atoms with Gasteiger partial charge in [0.05, 0.1) is 0 Å². The van der Waals surface area contributed by atoms with Crippen molar-refractivity contribution >= 4 is 10.8 Å². The number of fused-ring (bicyclic) bond motifs is 1. The van der Waals surface area contributed by atoms with E-state index in [1.807, 2.05) is 0 Å². The number of hydrogen-bond donors (Lipinski definition) is 1. The first-order valence-electron chi connectivity index (χ1n) is 9.06. The summed E-state index contributed by atoms with van der Waals surface area (Å²) in [5.41, 5.74) is 8.60. The predicted octanol–water partition coefficient (Wildman–Crippen LogP) is 5.98. The molecule has 0 unspecified atom stereocenters. The van der Waals surface area contributed by atoms with Gasteiger partial charge in [0.15, 0.2) is 0 Å². The van der Waals surface area contributed by atoms with Gasteiger partial charge in [0.25, 0.3) is 0 Å². The fourth-order valence-corrected chi connectivity index (χ4v) is 3.29. The molecular formula is C21H31N. The van der Waals surface area contributed by atoms with Crippen molar-refractivity contribution < 1.29 is 0 Å². The van der Waals surface area contributed by atoms with Crippen LogP contribution < -0.4 is 5.73 Å². The highest BCUT2D eigenvalue weighted by Gasteiger charge is 2.03. The molecule has 2 aromatic carbocycles. The van der Waals surface area contributed by atoms with E-state index >= 15 is 0 Å². The van der Waals surface area contributed by atoms with Crippen LogP contribution in [0.4, 0.5) is 0 Å². The lowest BCUT2D eigenvalue weighted by Crippen LogP contribution is -1.98. The summed E-state index contributed by atoms with van der Waals surface area (Å²) in [6.45, 7) is 2.90. The third kappa shape index (κ3) is 4.84. The summed E-state index contributed by atoms with van der Waals surface area (Å²) in [7, 11) is 0. The summed E-state index contributed by atoms with van der Waals surface area (Å²) >= 11 is 0. The van der Waals surface area contributed by atoms with Crippen molar-refractivity contribution in [3.63, 3.8) is 0 Å². The van der Waals surface area contributed by atoms with Gasteiger partial charge in [0.2, 0.25) is 0 Å². The van der Waals surface area contributed by atoms with E-state index in [2.05, 4.69) is 43.3 Å². The number of rotatable bonds is 10. The molecule has 0 atom stereocenters. The quantitative estimate of drug-likeness (QED) is 0.536. The van der Waals surface area contributed by atoms with Crippen LogP contribution in [0.5, 0.6) is 0 Å². The van der Waals surface area contributed by atoms with Gasteiger partial charge < -0.3 is 5.73 Å². The Balaban J connectivity index is 1.82. The van der Waals surface area contributed by atoms with Crippen LogP contribution in [0.1, 0.15) is 69.4 Å². The summed E-state index contributed by atoms with van der Waals surface area (Å²) in [4.78, 5) is 0. The Bertz CT molecular complexity index is 559. The maximum absolute atomic E-state index is 5.86. The van der Waals surface area contributed by atoms with Crippen molar-refractivity contribution in [2.45, 2.75) is 71.3 Å². The molecule has 0 aliphatic rings. The van der Waals surface area contributed by atoms with E-state index in [9.17, 15) is 0 Å². The van der Waals surface area contributed by atoms with Crippen molar-refractivity contribution in [1.29, 1.82) is 0 Å². The average molecular weight is 297 g/mol. The molecule has 1 heteroatoms. The standard InChI is InChI=1S/C21H31N/c1-2-3-4-5-6-7-8-9-12-18-13-10-16-21-19(17-22)14-11-15-20(18)21/h10-11,13-16H,2-9,12,17,22H2,1H3. The molecule has 1 nitrogen and oxygen atoms in total. The highest BCUT2D eigenvalue weighted by atomic mass is 14.5. The van der Waals surface area contributed by atoms with Crippen LogP contribution >= 0.6 is 0 Å². The molecule has 22 heavy (non-hydrogen) atoms. The van der Waals surface area contributed by atoms with Gasteiger partial charge in [-0.2, -0.15) is 0 Å². The lowest BCUT2D eigenvalue weighted by atomic mass is 9.96. The summed E-state index contributed by atoms with van der Waals surface area (Å²) in [5, 5.41) is 2.73. The van der Waals surface area contributed by atoms with Crippen molar-refractivity contribution in [2.75, 3.05) is 0 Å². The van der Waals surface area contributed by atoms with Crippen LogP contribution in [0.3, 0.4) is 0 Å². The SMILES string of the molecule is CCCCCCCCCCc1cccc2c(CN)cccc12. The molecule has 0 saturated heterocycles. The highest BCUT2D eigenvalue weighted by Crippen LogP contribution is 2.24. The van der Waals surface area contributed by atoms with Crippen LogP contribution in [0.25, 0.3) is 10.8 Å². The monoisotopic (exact) mass is 297 g/mol. The molecule has 2 N–H and O–H groups in total. The van der Waals surface area contributed by atoms with Crippen molar-refractivity contribution in [2.24, 2.45) is 5.73 Å². The molecule has 2 rings (SSSR count). The van der Waals surface area contributed by atoms with Crippen LogP contribution in [-0.4, -0.2) is 0 Å². The minimum Gasteiger partial charge on any atom is -0.326 e. The van der Waals surface area contributed by atoms with Crippen LogP contribution in [0, 0.1) is 0 Å². The Hall–Kier alpha value is -1.34. The van der Waals surface area contributed by atoms with Crippen molar-refractivity contribution in [1.82, 2.24) is 0 Å². The average Bonchev–Trinajstić information content (AvgIpc) is 2.56. The maximum Gasteiger partial charge on any atom is 0.0184 e. The summed E-state index contributed by atoms with van der Waals surface area (Å²) < 4.78 is 0. The minimum absolute atomic E-state index is 0.624. The number of hydrogen-bond acceptors (Lipinski definition) is 1. The van der Waals surface area contributed by atoms with E-state index in [-0.39, 0.29) is 0 Å². The lowest BCUT2D eigenvalue weighted by molar-refractivity contribution is 0.576. The Morgan fingerprint density at radius 1 is 0.682 bits per heavy atom. The minimum atomic E-state index is 0.624. The Morgan fingerprint density at radius 2 is 1.23 bits per heavy atom. The van der Waals surface area contributed by atoms with Gasteiger partial charge in [-0.05, 0) is 34.7 Å². The molecule has 0 fully saturated rings. The van der Waals surface area contributed by atoms with Crippen molar-refractivity contribution in [3.05, 3.63) is 47.5 Å². The van der Waals surface area contributed by atoms with E-state index in [1.54, 1.807) is 0 Å². The molecule has 0 amide bonds. The molecular weight excluding hydrogens is 266 g/mol. The third-order valence-corrected chi connectivity index (χ3v) is 4.62. The van der Waals surface area contributed by atoms with E-state index in [0.29, 0.717) is 6.54 Å². The fourth-order valence-electron chi connectivity index (χ4n) is 3.29. The molecule has 0 bridgehead atoms. The van der Waals surface area contributed by atoms with E-state index in [1.165, 1.54) is 79.7 Å². The van der Waals surface area contributed by atoms with Gasteiger partial charge in [0.1, 0.15) is 0 Å². The molecule has 120 valence electrons. The topological polar surface area (TPSA) is 26.0 Å². The Morgan fingerprint density at radius 3 is 1.86 bits per heavy atom. The molecule has 0 heterocycles. The molecule has 2 aromatic rings. The number of nitrogens with two attached hydrogens (primary N) is 1. The van der Waals surface area contributed by atoms with Gasteiger partial charge in [-0.25, -0.2) is 0 Å². The zero-order chi connectivity index (χ0) is 15.6. The molecule has 0 aromatic heterocycles. The second-order valence-electron chi connectivity index (χ2n) is 6.36. The zero-order valence-corrected chi connectivity index (χ0v) is 14.1. The molecule has 0 aliphatic heterocycles. The lowest BCUT2D eigenvalue weighted by Gasteiger charge is -2.09. The smallest absolute Gasteiger partial charge is 0.0184 e. The maximum atomic E-state index is 5.86. The first kappa shape index (κ1) is 17.0. The summed E-state index contributed by atoms with van der Waals surface area (Å²) in [6, 6.07) is 13.2. The van der Waals surface area contributed by atoms with Gasteiger partial charge in [-0.3, -0.25) is 0 Å². The number of aryl methyl sites for hydroxylation is 1. The largest absolute Gasteiger partial charge is 0.326 e. The second kappa shape index (κ2) is 9.63. The Kier molecular flexibility index (Phi) is 7.45. The first-order chi connectivity index (χ1) is 10.9. The second-order valence-corrected chi connectivity index (χ2v) is 6.36. The molecule has 0 spiro atoms. The summed E-state index contributed by atoms with van der Waals surface area (Å²) in [5.74, 6) is 0. The van der Waals surface area contributed by atoms with E-state index in [4.69, 9.17) is 5.73 Å².